The second-order valence-electron chi connectivity index (χ2n) is 5.48. The van der Waals surface area contributed by atoms with Gasteiger partial charge in [0, 0.05) is 6.54 Å². The summed E-state index contributed by atoms with van der Waals surface area (Å²) in [5.41, 5.74) is 1.30. The molecule has 1 rings (SSSR count). The van der Waals surface area contributed by atoms with Crippen LogP contribution in [-0.2, 0) is 0 Å². The molecule has 0 heterocycles. The Morgan fingerprint density at radius 1 is 1.16 bits per heavy atom. The largest absolute Gasteiger partial charge is 0.497 e. The zero-order valence-electron chi connectivity index (χ0n) is 12.5. The number of hydrogen-bond donors (Lipinski definition) is 2. The number of aliphatic hydroxyl groups is 1. The van der Waals surface area contributed by atoms with Gasteiger partial charge in [0.1, 0.15) is 5.75 Å². The van der Waals surface area contributed by atoms with Gasteiger partial charge >= 0.3 is 0 Å². The third-order valence-corrected chi connectivity index (χ3v) is 3.52. The smallest absolute Gasteiger partial charge is 0.118 e. The van der Waals surface area contributed by atoms with Crippen LogP contribution in [0, 0.1) is 5.92 Å². The van der Waals surface area contributed by atoms with E-state index in [1.807, 2.05) is 26.0 Å². The van der Waals surface area contributed by atoms with E-state index < -0.39 is 0 Å². The minimum Gasteiger partial charge on any atom is -0.497 e. The predicted octanol–water partition coefficient (Wildman–Crippen LogP) is 2.80. The number of nitrogens with one attached hydrogen (secondary N) is 1. The van der Waals surface area contributed by atoms with Gasteiger partial charge in [-0.15, -0.1) is 0 Å². The molecule has 0 amide bonds. The molecule has 108 valence electrons. The number of rotatable bonds is 8. The highest BCUT2D eigenvalue weighted by Gasteiger charge is 2.09. The topological polar surface area (TPSA) is 41.5 Å². The Bertz CT molecular complexity index is 348. The lowest BCUT2D eigenvalue weighted by Crippen LogP contribution is -2.26. The summed E-state index contributed by atoms with van der Waals surface area (Å²) >= 11 is 0. The first-order chi connectivity index (χ1) is 9.04. The molecule has 0 aliphatic carbocycles. The Kier molecular flexibility index (Phi) is 6.89. The third-order valence-electron chi connectivity index (χ3n) is 3.52. The van der Waals surface area contributed by atoms with Gasteiger partial charge in [-0.3, -0.25) is 0 Å². The molecule has 3 heteroatoms. The quantitative estimate of drug-likeness (QED) is 0.710. The van der Waals surface area contributed by atoms with Crippen LogP contribution in [-0.4, -0.2) is 31.4 Å². The van der Waals surface area contributed by atoms with Crippen molar-refractivity contribution in [3.05, 3.63) is 29.8 Å². The summed E-state index contributed by atoms with van der Waals surface area (Å²) in [6.45, 7) is 8.08. The molecule has 1 aromatic rings. The molecule has 2 unspecified atom stereocenters. The molecule has 0 spiro atoms. The Balaban J connectivity index is 2.28. The van der Waals surface area contributed by atoms with Gasteiger partial charge in [-0.2, -0.15) is 0 Å². The molecule has 0 aliphatic rings. The summed E-state index contributed by atoms with van der Waals surface area (Å²) in [6, 6.07) is 8.20. The molecule has 19 heavy (non-hydrogen) atoms. The Morgan fingerprint density at radius 2 is 1.79 bits per heavy atom. The molecule has 0 aliphatic heterocycles. The number of benzene rings is 1. The molecular weight excluding hydrogens is 238 g/mol. The van der Waals surface area contributed by atoms with E-state index in [-0.39, 0.29) is 6.10 Å². The maximum atomic E-state index is 9.71. The monoisotopic (exact) mass is 265 g/mol. The van der Waals surface area contributed by atoms with Crippen molar-refractivity contribution in [1.29, 1.82) is 0 Å². The van der Waals surface area contributed by atoms with Crippen LogP contribution in [0.2, 0.25) is 0 Å². The van der Waals surface area contributed by atoms with E-state index in [4.69, 9.17) is 4.74 Å². The lowest BCUT2D eigenvalue weighted by molar-refractivity contribution is 0.116. The zero-order chi connectivity index (χ0) is 14.3. The van der Waals surface area contributed by atoms with E-state index in [0.717, 1.165) is 25.3 Å². The first-order valence-corrected chi connectivity index (χ1v) is 7.07. The highest BCUT2D eigenvalue weighted by Crippen LogP contribution is 2.18. The molecule has 0 radical (unpaired) electrons. The molecule has 0 saturated carbocycles. The summed E-state index contributed by atoms with van der Waals surface area (Å²) in [7, 11) is 1.68. The van der Waals surface area contributed by atoms with Gasteiger partial charge in [-0.05, 0) is 42.5 Å². The van der Waals surface area contributed by atoms with Crippen molar-refractivity contribution in [2.75, 3.05) is 20.2 Å². The first-order valence-electron chi connectivity index (χ1n) is 7.07. The van der Waals surface area contributed by atoms with Crippen molar-refractivity contribution < 1.29 is 9.84 Å². The van der Waals surface area contributed by atoms with E-state index >= 15 is 0 Å². The molecular formula is C16H27NO2. The second-order valence-corrected chi connectivity index (χ2v) is 5.48. The number of hydrogen-bond acceptors (Lipinski definition) is 3. The third kappa shape index (κ3) is 5.62. The van der Waals surface area contributed by atoms with E-state index in [0.29, 0.717) is 11.8 Å². The molecule has 0 fully saturated rings. The maximum Gasteiger partial charge on any atom is 0.118 e. The van der Waals surface area contributed by atoms with E-state index in [1.54, 1.807) is 7.11 Å². The second kappa shape index (κ2) is 8.18. The number of ether oxygens (including phenoxy) is 1. The fourth-order valence-electron chi connectivity index (χ4n) is 1.95. The van der Waals surface area contributed by atoms with Gasteiger partial charge in [-0.1, -0.05) is 32.9 Å². The normalized spacial score (nSPS) is 14.4. The number of methoxy groups -OCH3 is 1. The van der Waals surface area contributed by atoms with Crippen LogP contribution in [0.15, 0.2) is 24.3 Å². The van der Waals surface area contributed by atoms with Crippen LogP contribution in [0.4, 0.5) is 0 Å². The molecule has 2 N–H and O–H groups in total. The van der Waals surface area contributed by atoms with Gasteiger partial charge in [0.05, 0.1) is 13.2 Å². The van der Waals surface area contributed by atoms with E-state index in [1.165, 1.54) is 5.56 Å². The van der Waals surface area contributed by atoms with Crippen molar-refractivity contribution in [2.45, 2.75) is 39.2 Å². The van der Waals surface area contributed by atoms with Crippen LogP contribution in [0.3, 0.4) is 0 Å². The van der Waals surface area contributed by atoms with Crippen molar-refractivity contribution in [3.8, 4) is 5.75 Å². The minimum absolute atomic E-state index is 0.205. The van der Waals surface area contributed by atoms with Gasteiger partial charge in [-0.25, -0.2) is 0 Å². The lowest BCUT2D eigenvalue weighted by Gasteiger charge is -2.17. The van der Waals surface area contributed by atoms with Crippen LogP contribution in [0.25, 0.3) is 0 Å². The molecule has 0 saturated heterocycles. The fraction of sp³-hybridized carbons (Fsp3) is 0.625. The lowest BCUT2D eigenvalue weighted by atomic mass is 10.0. The standard InChI is InChI=1S/C16H27NO2/c1-12(2)16(18)9-10-17-11-13(3)14-5-7-15(19-4)8-6-14/h5-8,12-13,16-18H,9-11H2,1-4H3. The van der Waals surface area contributed by atoms with Crippen LogP contribution < -0.4 is 10.1 Å². The van der Waals surface area contributed by atoms with Gasteiger partial charge in [0.25, 0.3) is 0 Å². The van der Waals surface area contributed by atoms with Crippen LogP contribution in [0.1, 0.15) is 38.7 Å². The van der Waals surface area contributed by atoms with Crippen LogP contribution in [0.5, 0.6) is 5.75 Å². The average Bonchev–Trinajstić information content (AvgIpc) is 2.43. The average molecular weight is 265 g/mol. The van der Waals surface area contributed by atoms with E-state index in [2.05, 4.69) is 24.4 Å². The molecule has 1 aromatic carbocycles. The zero-order valence-corrected chi connectivity index (χ0v) is 12.5. The fourth-order valence-corrected chi connectivity index (χ4v) is 1.95. The van der Waals surface area contributed by atoms with Crippen LogP contribution >= 0.6 is 0 Å². The summed E-state index contributed by atoms with van der Waals surface area (Å²) in [5.74, 6) is 1.69. The van der Waals surface area contributed by atoms with Crippen molar-refractivity contribution in [1.82, 2.24) is 5.32 Å². The van der Waals surface area contributed by atoms with Gasteiger partial charge < -0.3 is 15.2 Å². The highest BCUT2D eigenvalue weighted by atomic mass is 16.5. The molecule has 2 atom stereocenters. The Morgan fingerprint density at radius 3 is 2.32 bits per heavy atom. The van der Waals surface area contributed by atoms with Crippen molar-refractivity contribution in [2.24, 2.45) is 5.92 Å². The highest BCUT2D eigenvalue weighted by molar-refractivity contribution is 5.29. The first kappa shape index (κ1) is 16.0. The Labute approximate surface area is 117 Å². The summed E-state index contributed by atoms with van der Waals surface area (Å²) in [4.78, 5) is 0. The molecule has 3 nitrogen and oxygen atoms in total. The molecule has 0 aromatic heterocycles. The van der Waals surface area contributed by atoms with Crippen molar-refractivity contribution >= 4 is 0 Å². The number of aliphatic hydroxyl groups excluding tert-OH is 1. The van der Waals surface area contributed by atoms with Gasteiger partial charge in [0.2, 0.25) is 0 Å². The SMILES string of the molecule is COc1ccc(C(C)CNCCC(O)C(C)C)cc1. The van der Waals surface area contributed by atoms with Crippen molar-refractivity contribution in [3.63, 3.8) is 0 Å². The minimum atomic E-state index is -0.205. The molecule has 0 bridgehead atoms. The predicted molar refractivity (Wildman–Crippen MR) is 79.7 cm³/mol. The Hall–Kier alpha value is -1.06. The summed E-state index contributed by atoms with van der Waals surface area (Å²) in [6.07, 6.45) is 0.608. The summed E-state index contributed by atoms with van der Waals surface area (Å²) in [5, 5.41) is 13.1. The van der Waals surface area contributed by atoms with E-state index in [9.17, 15) is 5.11 Å². The van der Waals surface area contributed by atoms with Gasteiger partial charge in [0.15, 0.2) is 0 Å². The summed E-state index contributed by atoms with van der Waals surface area (Å²) < 4.78 is 5.15. The maximum absolute atomic E-state index is 9.71.